The molecule has 5 nitrogen and oxygen atoms in total. The molecular weight excluding hydrogens is 240 g/mol. The minimum Gasteiger partial charge on any atom is -0.338 e. The van der Waals surface area contributed by atoms with E-state index in [2.05, 4.69) is 22.0 Å². The molecule has 2 aromatic rings. The van der Waals surface area contributed by atoms with Crippen molar-refractivity contribution in [2.24, 2.45) is 5.73 Å². The fraction of sp³-hybridized carbons (Fsp3) is 0.500. The molecule has 0 aromatic carbocycles. The predicted octanol–water partition coefficient (Wildman–Crippen LogP) is 2.29. The van der Waals surface area contributed by atoms with Gasteiger partial charge in [-0.15, -0.1) is 0 Å². The predicted molar refractivity (Wildman–Crippen MR) is 71.3 cm³/mol. The first kappa shape index (κ1) is 12.3. The van der Waals surface area contributed by atoms with E-state index in [0.717, 1.165) is 24.8 Å². The molecule has 0 radical (unpaired) electrons. The summed E-state index contributed by atoms with van der Waals surface area (Å²) >= 11 is 0. The number of pyridine rings is 1. The summed E-state index contributed by atoms with van der Waals surface area (Å²) < 4.78 is 5.47. The van der Waals surface area contributed by atoms with E-state index in [-0.39, 0.29) is 11.5 Å². The average molecular weight is 258 g/mol. The lowest BCUT2D eigenvalue weighted by molar-refractivity contribution is 0.203. The van der Waals surface area contributed by atoms with E-state index in [4.69, 9.17) is 10.3 Å². The van der Waals surface area contributed by atoms with Crippen molar-refractivity contribution in [2.75, 3.05) is 0 Å². The molecule has 2 N–H and O–H groups in total. The summed E-state index contributed by atoms with van der Waals surface area (Å²) in [4.78, 5) is 8.53. The number of hydrogen-bond donors (Lipinski definition) is 1. The number of hydrogen-bond acceptors (Lipinski definition) is 5. The molecule has 1 saturated carbocycles. The van der Waals surface area contributed by atoms with Gasteiger partial charge in [0.2, 0.25) is 11.7 Å². The first-order valence-corrected chi connectivity index (χ1v) is 6.70. The van der Waals surface area contributed by atoms with Gasteiger partial charge in [-0.05, 0) is 31.9 Å². The number of rotatable bonds is 2. The lowest BCUT2D eigenvalue weighted by Gasteiger charge is -2.35. The Morgan fingerprint density at radius 3 is 2.84 bits per heavy atom. The van der Waals surface area contributed by atoms with E-state index in [0.29, 0.717) is 11.7 Å². The van der Waals surface area contributed by atoms with Crippen molar-refractivity contribution < 1.29 is 4.52 Å². The minimum absolute atomic E-state index is 0.0898. The lowest BCUT2D eigenvalue weighted by Crippen LogP contribution is -2.45. The van der Waals surface area contributed by atoms with Gasteiger partial charge in [0.1, 0.15) is 0 Å². The van der Waals surface area contributed by atoms with Gasteiger partial charge in [-0.3, -0.25) is 4.98 Å². The standard InChI is InChI=1S/C14H18N4O/c1-14(7-3-2-4-11(14)15)13-17-12(18-19-13)10-5-8-16-9-6-10/h5-6,8-9,11H,2-4,7,15H2,1H3. The molecule has 2 unspecified atom stereocenters. The van der Waals surface area contributed by atoms with Gasteiger partial charge in [0.05, 0.1) is 5.41 Å². The molecule has 5 heteroatoms. The Morgan fingerprint density at radius 2 is 2.11 bits per heavy atom. The van der Waals surface area contributed by atoms with Crippen LogP contribution in [-0.2, 0) is 5.41 Å². The molecule has 1 aliphatic rings. The van der Waals surface area contributed by atoms with Crippen molar-refractivity contribution in [3.63, 3.8) is 0 Å². The van der Waals surface area contributed by atoms with Crippen LogP contribution in [0.25, 0.3) is 11.4 Å². The molecule has 2 aromatic heterocycles. The van der Waals surface area contributed by atoms with Crippen LogP contribution in [0.4, 0.5) is 0 Å². The summed E-state index contributed by atoms with van der Waals surface area (Å²) in [7, 11) is 0. The maximum Gasteiger partial charge on any atom is 0.234 e. The van der Waals surface area contributed by atoms with Crippen LogP contribution in [-0.4, -0.2) is 21.2 Å². The Hall–Kier alpha value is -1.75. The maximum atomic E-state index is 6.26. The quantitative estimate of drug-likeness (QED) is 0.894. The van der Waals surface area contributed by atoms with Crippen molar-refractivity contribution in [3.8, 4) is 11.4 Å². The largest absolute Gasteiger partial charge is 0.338 e. The van der Waals surface area contributed by atoms with Gasteiger partial charge in [0.15, 0.2) is 0 Å². The first-order chi connectivity index (χ1) is 9.20. The highest BCUT2D eigenvalue weighted by molar-refractivity contribution is 5.52. The molecule has 100 valence electrons. The molecule has 1 fully saturated rings. The van der Waals surface area contributed by atoms with Crippen LogP contribution in [0.3, 0.4) is 0 Å². The maximum absolute atomic E-state index is 6.26. The van der Waals surface area contributed by atoms with E-state index in [9.17, 15) is 0 Å². The normalized spacial score (nSPS) is 27.4. The second-order valence-electron chi connectivity index (χ2n) is 5.43. The third-order valence-electron chi connectivity index (χ3n) is 4.13. The monoisotopic (exact) mass is 258 g/mol. The number of nitrogens with zero attached hydrogens (tertiary/aromatic N) is 3. The summed E-state index contributed by atoms with van der Waals surface area (Å²) in [6.07, 6.45) is 7.81. The molecule has 2 atom stereocenters. The van der Waals surface area contributed by atoms with E-state index < -0.39 is 0 Å². The zero-order chi connectivity index (χ0) is 13.3. The smallest absolute Gasteiger partial charge is 0.234 e. The molecule has 0 aliphatic heterocycles. The third kappa shape index (κ3) is 2.14. The van der Waals surface area contributed by atoms with Crippen LogP contribution in [0.5, 0.6) is 0 Å². The van der Waals surface area contributed by atoms with E-state index >= 15 is 0 Å². The van der Waals surface area contributed by atoms with Crippen molar-refractivity contribution in [1.82, 2.24) is 15.1 Å². The van der Waals surface area contributed by atoms with Gasteiger partial charge < -0.3 is 10.3 Å². The highest BCUT2D eigenvalue weighted by atomic mass is 16.5. The first-order valence-electron chi connectivity index (χ1n) is 6.70. The Kier molecular flexibility index (Phi) is 3.06. The van der Waals surface area contributed by atoms with E-state index in [1.807, 2.05) is 12.1 Å². The SMILES string of the molecule is CC1(c2nc(-c3ccncc3)no2)CCCCC1N. The topological polar surface area (TPSA) is 77.8 Å². The molecule has 0 spiro atoms. The van der Waals surface area contributed by atoms with Gasteiger partial charge in [0.25, 0.3) is 0 Å². The van der Waals surface area contributed by atoms with E-state index in [1.165, 1.54) is 6.42 Å². The Bertz CT molecular complexity index is 554. The van der Waals surface area contributed by atoms with Gasteiger partial charge in [0, 0.05) is 24.0 Å². The van der Waals surface area contributed by atoms with Gasteiger partial charge >= 0.3 is 0 Å². The summed E-state index contributed by atoms with van der Waals surface area (Å²) in [5, 5.41) is 4.07. The molecule has 0 bridgehead atoms. The summed E-state index contributed by atoms with van der Waals surface area (Å²) in [6.45, 7) is 2.13. The molecule has 1 aliphatic carbocycles. The van der Waals surface area contributed by atoms with Crippen molar-refractivity contribution in [2.45, 2.75) is 44.1 Å². The Balaban J connectivity index is 1.93. The lowest BCUT2D eigenvalue weighted by atomic mass is 9.72. The Morgan fingerprint density at radius 1 is 1.32 bits per heavy atom. The van der Waals surface area contributed by atoms with Crippen LogP contribution in [0.2, 0.25) is 0 Å². The Labute approximate surface area is 112 Å². The second kappa shape index (κ2) is 4.74. The number of aromatic nitrogens is 3. The van der Waals surface area contributed by atoms with Gasteiger partial charge in [-0.2, -0.15) is 4.98 Å². The van der Waals surface area contributed by atoms with Crippen molar-refractivity contribution in [1.29, 1.82) is 0 Å². The highest BCUT2D eigenvalue weighted by Gasteiger charge is 2.40. The molecule has 19 heavy (non-hydrogen) atoms. The minimum atomic E-state index is -0.198. The average Bonchev–Trinajstić information content (AvgIpc) is 2.94. The summed E-state index contributed by atoms with van der Waals surface area (Å²) in [5.74, 6) is 1.27. The van der Waals surface area contributed by atoms with Crippen LogP contribution < -0.4 is 5.73 Å². The van der Waals surface area contributed by atoms with Gasteiger partial charge in [-0.1, -0.05) is 18.0 Å². The van der Waals surface area contributed by atoms with E-state index in [1.54, 1.807) is 12.4 Å². The zero-order valence-electron chi connectivity index (χ0n) is 11.0. The molecule has 3 rings (SSSR count). The van der Waals surface area contributed by atoms with Crippen LogP contribution in [0.1, 0.15) is 38.5 Å². The van der Waals surface area contributed by atoms with Crippen LogP contribution in [0.15, 0.2) is 29.0 Å². The van der Waals surface area contributed by atoms with Crippen LogP contribution >= 0.6 is 0 Å². The van der Waals surface area contributed by atoms with Crippen molar-refractivity contribution >= 4 is 0 Å². The highest BCUT2D eigenvalue weighted by Crippen LogP contribution is 2.37. The summed E-state index contributed by atoms with van der Waals surface area (Å²) in [6, 6.07) is 3.84. The fourth-order valence-electron chi connectivity index (χ4n) is 2.70. The molecule has 0 saturated heterocycles. The van der Waals surface area contributed by atoms with Gasteiger partial charge in [-0.25, -0.2) is 0 Å². The van der Waals surface area contributed by atoms with Crippen molar-refractivity contribution in [3.05, 3.63) is 30.4 Å². The fourth-order valence-corrected chi connectivity index (χ4v) is 2.70. The molecular formula is C14H18N4O. The second-order valence-corrected chi connectivity index (χ2v) is 5.43. The summed E-state index contributed by atoms with van der Waals surface area (Å²) in [5.41, 5.74) is 6.97. The van der Waals surface area contributed by atoms with Crippen LogP contribution in [0, 0.1) is 0 Å². The zero-order valence-corrected chi connectivity index (χ0v) is 11.0. The molecule has 0 amide bonds. The molecule has 2 heterocycles. The third-order valence-corrected chi connectivity index (χ3v) is 4.13. The number of nitrogens with two attached hydrogens (primary N) is 1.